The smallest absolute Gasteiger partial charge is 0.136 e. The van der Waals surface area contributed by atoms with E-state index in [1.165, 1.54) is 0 Å². The third-order valence-electron chi connectivity index (χ3n) is 5.68. The number of fused-ring (bicyclic) bond motifs is 1. The first-order valence-corrected chi connectivity index (χ1v) is 7.09. The van der Waals surface area contributed by atoms with Gasteiger partial charge in [0.1, 0.15) is 5.78 Å². The van der Waals surface area contributed by atoms with E-state index in [1.807, 2.05) is 20.8 Å². The first-order chi connectivity index (χ1) is 8.16. The lowest BCUT2D eigenvalue weighted by molar-refractivity contribution is -0.155. The summed E-state index contributed by atoms with van der Waals surface area (Å²) in [7, 11) is 0. The maximum atomic E-state index is 11.9. The van der Waals surface area contributed by atoms with Crippen LogP contribution < -0.4 is 0 Å². The normalized spacial score (nSPS) is 45.8. The Hall–Kier alpha value is -0.410. The molecule has 0 spiro atoms. The van der Waals surface area contributed by atoms with Crippen molar-refractivity contribution < 1.29 is 15.0 Å². The summed E-state index contributed by atoms with van der Waals surface area (Å²) in [6.07, 6.45) is 2.49. The summed E-state index contributed by atoms with van der Waals surface area (Å²) in [6, 6.07) is 0. The standard InChI is InChI=1S/C15H26O3/c1-9-11-7-10(14(2,3)18)8-13(17)15(11,4)6-5-12(9)16/h9-11,13,17-18H,5-8H2,1-4H3/t9-,10+,11+,13+,15+/m1/s1. The second-order valence-corrected chi connectivity index (χ2v) is 7.21. The molecule has 5 atom stereocenters. The number of carbonyl (C=O) groups excluding carboxylic acids is 1. The molecule has 2 aliphatic rings. The van der Waals surface area contributed by atoms with Crippen LogP contribution in [0.3, 0.4) is 0 Å². The second kappa shape index (κ2) is 4.31. The van der Waals surface area contributed by atoms with Gasteiger partial charge in [0.2, 0.25) is 0 Å². The van der Waals surface area contributed by atoms with Crippen LogP contribution in [0.5, 0.6) is 0 Å². The predicted molar refractivity (Wildman–Crippen MR) is 70.0 cm³/mol. The van der Waals surface area contributed by atoms with Gasteiger partial charge in [-0.05, 0) is 50.4 Å². The van der Waals surface area contributed by atoms with Crippen molar-refractivity contribution in [3.63, 3.8) is 0 Å². The number of hydrogen-bond donors (Lipinski definition) is 2. The van der Waals surface area contributed by atoms with Crippen LogP contribution in [0.4, 0.5) is 0 Å². The first-order valence-electron chi connectivity index (χ1n) is 7.09. The van der Waals surface area contributed by atoms with Gasteiger partial charge in [0.25, 0.3) is 0 Å². The highest BCUT2D eigenvalue weighted by atomic mass is 16.3. The van der Waals surface area contributed by atoms with Crippen LogP contribution in [0.1, 0.15) is 53.4 Å². The molecule has 0 saturated heterocycles. The van der Waals surface area contributed by atoms with E-state index in [1.54, 1.807) is 0 Å². The van der Waals surface area contributed by atoms with E-state index >= 15 is 0 Å². The number of aliphatic hydroxyl groups is 2. The molecular weight excluding hydrogens is 228 g/mol. The highest BCUT2D eigenvalue weighted by Crippen LogP contribution is 2.54. The summed E-state index contributed by atoms with van der Waals surface area (Å²) in [4.78, 5) is 11.9. The van der Waals surface area contributed by atoms with Crippen molar-refractivity contribution >= 4 is 5.78 Å². The lowest BCUT2D eigenvalue weighted by atomic mass is 9.52. The lowest BCUT2D eigenvalue weighted by Crippen LogP contribution is -2.55. The average molecular weight is 254 g/mol. The number of rotatable bonds is 1. The zero-order chi connectivity index (χ0) is 13.7. The molecule has 2 rings (SSSR count). The Labute approximate surface area is 110 Å². The van der Waals surface area contributed by atoms with Crippen LogP contribution >= 0.6 is 0 Å². The molecule has 0 radical (unpaired) electrons. The van der Waals surface area contributed by atoms with Gasteiger partial charge >= 0.3 is 0 Å². The molecule has 2 fully saturated rings. The molecule has 0 heterocycles. The molecule has 0 bridgehead atoms. The van der Waals surface area contributed by atoms with Crippen molar-refractivity contribution in [2.75, 3.05) is 0 Å². The van der Waals surface area contributed by atoms with E-state index in [-0.39, 0.29) is 23.2 Å². The Bertz CT molecular complexity index is 344. The van der Waals surface area contributed by atoms with E-state index in [2.05, 4.69) is 6.92 Å². The third kappa shape index (κ3) is 2.12. The molecule has 0 aliphatic heterocycles. The first kappa shape index (κ1) is 14.0. The predicted octanol–water partition coefficient (Wildman–Crippen LogP) is 2.15. The molecule has 18 heavy (non-hydrogen) atoms. The Balaban J connectivity index is 2.27. The summed E-state index contributed by atoms with van der Waals surface area (Å²) >= 11 is 0. The van der Waals surface area contributed by atoms with Gasteiger partial charge in [0.05, 0.1) is 11.7 Å². The Morgan fingerprint density at radius 1 is 1.33 bits per heavy atom. The van der Waals surface area contributed by atoms with Crippen LogP contribution in [-0.2, 0) is 4.79 Å². The number of hydrogen-bond acceptors (Lipinski definition) is 3. The van der Waals surface area contributed by atoms with Gasteiger partial charge in [-0.1, -0.05) is 13.8 Å². The number of Topliss-reactive ketones (excluding diaryl/α,β-unsaturated/α-hetero) is 1. The number of aliphatic hydroxyl groups excluding tert-OH is 1. The van der Waals surface area contributed by atoms with E-state index < -0.39 is 11.7 Å². The number of carbonyl (C=O) groups is 1. The third-order valence-corrected chi connectivity index (χ3v) is 5.68. The Morgan fingerprint density at radius 3 is 2.50 bits per heavy atom. The zero-order valence-electron chi connectivity index (χ0n) is 11.9. The van der Waals surface area contributed by atoms with Crippen molar-refractivity contribution in [2.24, 2.45) is 23.2 Å². The van der Waals surface area contributed by atoms with Crippen molar-refractivity contribution in [1.29, 1.82) is 0 Å². The van der Waals surface area contributed by atoms with Gasteiger partial charge in [-0.25, -0.2) is 0 Å². The van der Waals surface area contributed by atoms with E-state index in [4.69, 9.17) is 0 Å². The molecule has 3 heteroatoms. The maximum absolute atomic E-state index is 11.9. The van der Waals surface area contributed by atoms with Crippen molar-refractivity contribution in [3.8, 4) is 0 Å². The molecule has 0 aromatic rings. The van der Waals surface area contributed by atoms with Gasteiger partial charge < -0.3 is 10.2 Å². The maximum Gasteiger partial charge on any atom is 0.136 e. The quantitative estimate of drug-likeness (QED) is 0.754. The van der Waals surface area contributed by atoms with Crippen molar-refractivity contribution in [2.45, 2.75) is 65.1 Å². The van der Waals surface area contributed by atoms with Gasteiger partial charge in [0.15, 0.2) is 0 Å². The van der Waals surface area contributed by atoms with Gasteiger partial charge in [-0.15, -0.1) is 0 Å². The lowest BCUT2D eigenvalue weighted by Gasteiger charge is -2.54. The van der Waals surface area contributed by atoms with Crippen LogP contribution in [0.15, 0.2) is 0 Å². The van der Waals surface area contributed by atoms with Crippen molar-refractivity contribution in [1.82, 2.24) is 0 Å². The molecule has 0 unspecified atom stereocenters. The molecule has 3 nitrogen and oxygen atoms in total. The molecule has 2 saturated carbocycles. The highest BCUT2D eigenvalue weighted by molar-refractivity contribution is 5.82. The summed E-state index contributed by atoms with van der Waals surface area (Å²) in [5.74, 6) is 0.627. The van der Waals surface area contributed by atoms with Crippen LogP contribution in [0.2, 0.25) is 0 Å². The molecule has 0 aromatic heterocycles. The fourth-order valence-corrected chi connectivity index (χ4v) is 4.01. The van der Waals surface area contributed by atoms with Crippen LogP contribution in [-0.4, -0.2) is 27.7 Å². The number of ketones is 1. The molecule has 0 aromatic carbocycles. The SMILES string of the molecule is C[C@H]1C(=O)CC[C@]2(C)[C@@H](O)C[C@@H](C(C)(C)O)C[C@@H]12. The fourth-order valence-electron chi connectivity index (χ4n) is 4.01. The minimum absolute atomic E-state index is 0.0172. The summed E-state index contributed by atoms with van der Waals surface area (Å²) in [5.41, 5.74) is -0.919. The monoisotopic (exact) mass is 254 g/mol. The fraction of sp³-hybridized carbons (Fsp3) is 0.933. The van der Waals surface area contributed by atoms with Crippen molar-refractivity contribution in [3.05, 3.63) is 0 Å². The van der Waals surface area contributed by atoms with Gasteiger partial charge in [0, 0.05) is 12.3 Å². The summed E-state index contributed by atoms with van der Waals surface area (Å²) in [6.45, 7) is 7.72. The Kier molecular flexibility index (Phi) is 3.35. The topological polar surface area (TPSA) is 57.5 Å². The van der Waals surface area contributed by atoms with Crippen LogP contribution in [0, 0.1) is 23.2 Å². The minimum atomic E-state index is -0.775. The second-order valence-electron chi connectivity index (χ2n) is 7.21. The molecule has 104 valence electrons. The average Bonchev–Trinajstić information content (AvgIpc) is 2.25. The van der Waals surface area contributed by atoms with E-state index in [0.29, 0.717) is 18.6 Å². The van der Waals surface area contributed by atoms with Gasteiger partial charge in [-0.3, -0.25) is 4.79 Å². The highest BCUT2D eigenvalue weighted by Gasteiger charge is 2.53. The zero-order valence-corrected chi connectivity index (χ0v) is 11.9. The molecule has 0 amide bonds. The largest absolute Gasteiger partial charge is 0.393 e. The summed E-state index contributed by atoms with van der Waals surface area (Å²) < 4.78 is 0. The van der Waals surface area contributed by atoms with E-state index in [9.17, 15) is 15.0 Å². The molecule has 2 N–H and O–H groups in total. The van der Waals surface area contributed by atoms with E-state index in [0.717, 1.165) is 12.8 Å². The molecular formula is C15H26O3. The minimum Gasteiger partial charge on any atom is -0.393 e. The van der Waals surface area contributed by atoms with Gasteiger partial charge in [-0.2, -0.15) is 0 Å². The Morgan fingerprint density at radius 2 is 1.94 bits per heavy atom. The van der Waals surface area contributed by atoms with Crippen LogP contribution in [0.25, 0.3) is 0 Å². The molecule has 2 aliphatic carbocycles. The summed E-state index contributed by atoms with van der Waals surface area (Å²) in [5, 5.41) is 20.7.